The zero-order chi connectivity index (χ0) is 10.8. The topological polar surface area (TPSA) is 20.3 Å². The summed E-state index contributed by atoms with van der Waals surface area (Å²) in [4.78, 5) is 14.2. The highest BCUT2D eigenvalue weighted by Crippen LogP contribution is 2.25. The lowest BCUT2D eigenvalue weighted by atomic mass is 9.82. The molecule has 0 unspecified atom stereocenters. The third-order valence-electron chi connectivity index (χ3n) is 3.00. The Bertz CT molecular complexity index is 371. The van der Waals surface area contributed by atoms with E-state index in [0.29, 0.717) is 5.78 Å². The van der Waals surface area contributed by atoms with E-state index in [9.17, 15) is 4.79 Å². The summed E-state index contributed by atoms with van der Waals surface area (Å²) in [5, 5.41) is 0. The second kappa shape index (κ2) is 4.15. The average Bonchev–Trinajstić information content (AvgIpc) is 2.22. The van der Waals surface area contributed by atoms with E-state index in [4.69, 9.17) is 0 Å². The van der Waals surface area contributed by atoms with Crippen molar-refractivity contribution >= 4 is 5.78 Å². The zero-order valence-corrected chi connectivity index (χ0v) is 9.36. The lowest BCUT2D eigenvalue weighted by Crippen LogP contribution is -2.31. The van der Waals surface area contributed by atoms with Gasteiger partial charge in [-0.1, -0.05) is 24.3 Å². The van der Waals surface area contributed by atoms with Crippen LogP contribution < -0.4 is 0 Å². The molecule has 0 fully saturated rings. The maximum atomic E-state index is 12.1. The third kappa shape index (κ3) is 2.10. The second-order valence-electron chi connectivity index (χ2n) is 4.52. The van der Waals surface area contributed by atoms with Gasteiger partial charge in [0, 0.05) is 18.0 Å². The van der Waals surface area contributed by atoms with E-state index in [2.05, 4.69) is 11.0 Å². The van der Waals surface area contributed by atoms with Gasteiger partial charge in [0.1, 0.15) is 0 Å². The van der Waals surface area contributed by atoms with Crippen LogP contribution in [0.4, 0.5) is 0 Å². The number of carbonyl (C=O) groups is 1. The van der Waals surface area contributed by atoms with E-state index in [0.717, 1.165) is 24.9 Å². The minimum absolute atomic E-state index is 0.190. The molecule has 1 atom stereocenters. The predicted molar refractivity (Wildman–Crippen MR) is 61.1 cm³/mol. The van der Waals surface area contributed by atoms with Crippen molar-refractivity contribution in [3.63, 3.8) is 0 Å². The van der Waals surface area contributed by atoms with Gasteiger partial charge in [0.15, 0.2) is 5.78 Å². The Hall–Kier alpha value is -1.15. The predicted octanol–water partition coefficient (Wildman–Crippen LogP) is 1.99. The van der Waals surface area contributed by atoms with Gasteiger partial charge in [-0.15, -0.1) is 0 Å². The van der Waals surface area contributed by atoms with Gasteiger partial charge in [0.25, 0.3) is 0 Å². The third-order valence-corrected chi connectivity index (χ3v) is 3.00. The van der Waals surface area contributed by atoms with Gasteiger partial charge >= 0.3 is 0 Å². The van der Waals surface area contributed by atoms with E-state index in [-0.39, 0.29) is 5.92 Å². The highest BCUT2D eigenvalue weighted by Gasteiger charge is 2.26. The normalized spacial score (nSPS) is 20.5. The van der Waals surface area contributed by atoms with Gasteiger partial charge in [-0.2, -0.15) is 0 Å². The van der Waals surface area contributed by atoms with Crippen molar-refractivity contribution in [2.45, 2.75) is 12.8 Å². The van der Waals surface area contributed by atoms with Gasteiger partial charge < -0.3 is 4.90 Å². The molecule has 1 aliphatic carbocycles. The summed E-state index contributed by atoms with van der Waals surface area (Å²) in [5.74, 6) is 0.514. The number of nitrogens with zero attached hydrogens (tertiary/aromatic N) is 1. The molecule has 0 aromatic heterocycles. The van der Waals surface area contributed by atoms with Crippen LogP contribution in [-0.2, 0) is 6.42 Å². The molecule has 0 radical (unpaired) electrons. The number of carbonyl (C=O) groups excluding carboxylic acids is 1. The fraction of sp³-hybridized carbons (Fsp3) is 0.462. The standard InChI is InChI=1S/C13H17NO/c1-14(2)9-11-8-7-10-5-3-4-6-12(10)13(11)15/h3-6,11H,7-9H2,1-2H3/t11-/m0/s1. The average molecular weight is 203 g/mol. The summed E-state index contributed by atoms with van der Waals surface area (Å²) in [7, 11) is 4.04. The molecule has 2 nitrogen and oxygen atoms in total. The van der Waals surface area contributed by atoms with Crippen LogP contribution in [0.2, 0.25) is 0 Å². The van der Waals surface area contributed by atoms with Gasteiger partial charge in [-0.3, -0.25) is 4.79 Å². The van der Waals surface area contributed by atoms with Gasteiger partial charge in [0.05, 0.1) is 0 Å². The van der Waals surface area contributed by atoms with Crippen LogP contribution in [0.15, 0.2) is 24.3 Å². The van der Waals surface area contributed by atoms with Gasteiger partial charge in [0.2, 0.25) is 0 Å². The molecule has 2 rings (SSSR count). The van der Waals surface area contributed by atoms with Gasteiger partial charge in [-0.25, -0.2) is 0 Å². The maximum absolute atomic E-state index is 12.1. The molecule has 0 aliphatic heterocycles. The summed E-state index contributed by atoms with van der Waals surface area (Å²) in [6.07, 6.45) is 2.04. The quantitative estimate of drug-likeness (QED) is 0.732. The van der Waals surface area contributed by atoms with Crippen LogP contribution in [-0.4, -0.2) is 31.3 Å². The molecule has 0 saturated heterocycles. The monoisotopic (exact) mass is 203 g/mol. The van der Waals surface area contributed by atoms with Crippen molar-refractivity contribution in [2.75, 3.05) is 20.6 Å². The van der Waals surface area contributed by atoms with E-state index in [1.165, 1.54) is 5.56 Å². The first-order valence-electron chi connectivity index (χ1n) is 5.45. The van der Waals surface area contributed by atoms with Crippen molar-refractivity contribution in [1.29, 1.82) is 0 Å². The number of benzene rings is 1. The summed E-state index contributed by atoms with van der Waals surface area (Å²) in [5.41, 5.74) is 2.16. The molecule has 0 heterocycles. The van der Waals surface area contributed by atoms with Crippen LogP contribution in [0.3, 0.4) is 0 Å². The van der Waals surface area contributed by atoms with Crippen LogP contribution in [0.1, 0.15) is 22.3 Å². The molecular formula is C13H17NO. The highest BCUT2D eigenvalue weighted by atomic mass is 16.1. The number of fused-ring (bicyclic) bond motifs is 1. The fourth-order valence-electron chi connectivity index (χ4n) is 2.27. The minimum atomic E-state index is 0.190. The Balaban J connectivity index is 2.22. The van der Waals surface area contributed by atoms with E-state index in [1.54, 1.807) is 0 Å². The van der Waals surface area contributed by atoms with Crippen LogP contribution in [0.25, 0.3) is 0 Å². The number of hydrogen-bond acceptors (Lipinski definition) is 2. The summed E-state index contributed by atoms with van der Waals surface area (Å²) >= 11 is 0. The molecule has 0 spiro atoms. The smallest absolute Gasteiger partial charge is 0.167 e. The van der Waals surface area contributed by atoms with Crippen molar-refractivity contribution in [2.24, 2.45) is 5.92 Å². The molecule has 1 aromatic carbocycles. The minimum Gasteiger partial charge on any atom is -0.309 e. The van der Waals surface area contributed by atoms with E-state index < -0.39 is 0 Å². The first-order chi connectivity index (χ1) is 7.18. The van der Waals surface area contributed by atoms with E-state index in [1.807, 2.05) is 32.3 Å². The number of hydrogen-bond donors (Lipinski definition) is 0. The maximum Gasteiger partial charge on any atom is 0.167 e. The molecular weight excluding hydrogens is 186 g/mol. The Morgan fingerprint density at radius 2 is 2.07 bits per heavy atom. The van der Waals surface area contributed by atoms with Crippen molar-refractivity contribution in [1.82, 2.24) is 4.90 Å². The number of ketones is 1. The summed E-state index contributed by atoms with van der Waals surface area (Å²) in [6.45, 7) is 0.868. The van der Waals surface area contributed by atoms with Crippen molar-refractivity contribution < 1.29 is 4.79 Å². The zero-order valence-electron chi connectivity index (χ0n) is 9.36. The molecule has 15 heavy (non-hydrogen) atoms. The van der Waals surface area contributed by atoms with Crippen LogP contribution >= 0.6 is 0 Å². The number of aryl methyl sites for hydroxylation is 1. The molecule has 0 N–H and O–H groups in total. The molecule has 80 valence electrons. The lowest BCUT2D eigenvalue weighted by Gasteiger charge is -2.25. The SMILES string of the molecule is CN(C)C[C@@H]1CCc2ccccc2C1=O. The summed E-state index contributed by atoms with van der Waals surface area (Å²) in [6, 6.07) is 7.99. The van der Waals surface area contributed by atoms with Crippen LogP contribution in [0.5, 0.6) is 0 Å². The summed E-state index contributed by atoms with van der Waals surface area (Å²) < 4.78 is 0. The largest absolute Gasteiger partial charge is 0.309 e. The molecule has 1 aromatic rings. The Morgan fingerprint density at radius 3 is 2.80 bits per heavy atom. The Labute approximate surface area is 90.9 Å². The van der Waals surface area contributed by atoms with Crippen molar-refractivity contribution in [3.8, 4) is 0 Å². The molecule has 0 amide bonds. The molecule has 0 saturated carbocycles. The number of Topliss-reactive ketones (excluding diaryl/α,β-unsaturated/α-hetero) is 1. The Kier molecular flexibility index (Phi) is 2.87. The molecule has 0 bridgehead atoms. The first kappa shape index (κ1) is 10.4. The Morgan fingerprint density at radius 1 is 1.33 bits per heavy atom. The number of rotatable bonds is 2. The molecule has 1 aliphatic rings. The lowest BCUT2D eigenvalue weighted by molar-refractivity contribution is 0.0877. The van der Waals surface area contributed by atoms with Gasteiger partial charge in [-0.05, 0) is 32.5 Å². The highest BCUT2D eigenvalue weighted by molar-refractivity contribution is 6.00. The molecule has 2 heteroatoms. The second-order valence-corrected chi connectivity index (χ2v) is 4.52. The fourth-order valence-corrected chi connectivity index (χ4v) is 2.27. The van der Waals surface area contributed by atoms with Crippen LogP contribution in [0, 0.1) is 5.92 Å². The van der Waals surface area contributed by atoms with E-state index >= 15 is 0 Å². The first-order valence-corrected chi connectivity index (χ1v) is 5.45. The van der Waals surface area contributed by atoms with Crippen molar-refractivity contribution in [3.05, 3.63) is 35.4 Å².